The molecule has 1 saturated carbocycles. The number of H-pyrrole nitrogens is 1. The molecule has 1 aliphatic carbocycles. The van der Waals surface area contributed by atoms with Gasteiger partial charge in [-0.25, -0.2) is 4.98 Å². The van der Waals surface area contributed by atoms with Crippen LogP contribution in [0.25, 0.3) is 10.6 Å². The molecule has 6 heteroatoms. The Morgan fingerprint density at radius 3 is 2.64 bits per heavy atom. The van der Waals surface area contributed by atoms with Crippen molar-refractivity contribution in [3.05, 3.63) is 22.5 Å². The van der Waals surface area contributed by atoms with Crippen LogP contribution in [0.5, 0.6) is 0 Å². The van der Waals surface area contributed by atoms with Crippen LogP contribution in [-0.4, -0.2) is 27.1 Å². The predicted octanol–water partition coefficient (Wildman–Crippen LogP) is 3.60. The van der Waals surface area contributed by atoms with E-state index in [2.05, 4.69) is 20.5 Å². The number of rotatable bonds is 3. The number of carbonyl (C=O) groups excluding carboxylic acids is 1. The van der Waals surface area contributed by atoms with Crippen LogP contribution in [0.2, 0.25) is 0 Å². The molecule has 3 rings (SSSR count). The number of aromatic nitrogens is 3. The van der Waals surface area contributed by atoms with E-state index in [0.717, 1.165) is 34.1 Å². The van der Waals surface area contributed by atoms with Gasteiger partial charge in [-0.3, -0.25) is 9.89 Å². The zero-order valence-electron chi connectivity index (χ0n) is 13.1. The highest BCUT2D eigenvalue weighted by molar-refractivity contribution is 7.15. The van der Waals surface area contributed by atoms with Crippen molar-refractivity contribution in [1.82, 2.24) is 20.5 Å². The van der Waals surface area contributed by atoms with Gasteiger partial charge in [-0.2, -0.15) is 5.10 Å². The second kappa shape index (κ2) is 6.60. The van der Waals surface area contributed by atoms with Gasteiger partial charge in [0.25, 0.3) is 5.91 Å². The largest absolute Gasteiger partial charge is 0.348 e. The van der Waals surface area contributed by atoms with Gasteiger partial charge in [0.1, 0.15) is 0 Å². The molecule has 0 bridgehead atoms. The van der Waals surface area contributed by atoms with Crippen LogP contribution in [0.15, 0.2) is 6.07 Å². The molecule has 2 heterocycles. The van der Waals surface area contributed by atoms with Crippen LogP contribution in [-0.2, 0) is 0 Å². The van der Waals surface area contributed by atoms with Gasteiger partial charge in [0.15, 0.2) is 5.69 Å². The molecule has 0 unspecified atom stereocenters. The average Bonchev–Trinajstić information content (AvgIpc) is 3.00. The molecule has 0 atom stereocenters. The van der Waals surface area contributed by atoms with Gasteiger partial charge in [-0.1, -0.05) is 25.7 Å². The lowest BCUT2D eigenvalue weighted by Crippen LogP contribution is -2.34. The maximum Gasteiger partial charge on any atom is 0.272 e. The molecule has 1 aliphatic rings. The molecule has 1 fully saturated rings. The maximum atomic E-state index is 12.4. The lowest BCUT2D eigenvalue weighted by atomic mass is 10.1. The fourth-order valence-electron chi connectivity index (χ4n) is 3.02. The molecule has 0 aliphatic heterocycles. The summed E-state index contributed by atoms with van der Waals surface area (Å²) in [4.78, 5) is 17.8. The smallest absolute Gasteiger partial charge is 0.272 e. The molecule has 0 radical (unpaired) electrons. The first-order chi connectivity index (χ1) is 10.6. The topological polar surface area (TPSA) is 70.7 Å². The molecular formula is C16H22N4OS. The van der Waals surface area contributed by atoms with Crippen LogP contribution in [0.1, 0.15) is 59.7 Å². The Morgan fingerprint density at radius 2 is 2.00 bits per heavy atom. The highest BCUT2D eigenvalue weighted by atomic mass is 32.1. The van der Waals surface area contributed by atoms with E-state index in [1.807, 2.05) is 19.9 Å². The van der Waals surface area contributed by atoms with Crippen molar-refractivity contribution in [2.24, 2.45) is 0 Å². The molecule has 2 aromatic rings. The summed E-state index contributed by atoms with van der Waals surface area (Å²) < 4.78 is 0. The first-order valence-electron chi connectivity index (χ1n) is 7.94. The summed E-state index contributed by atoms with van der Waals surface area (Å²) >= 11 is 1.62. The van der Waals surface area contributed by atoms with Gasteiger partial charge in [0.2, 0.25) is 0 Å². The van der Waals surface area contributed by atoms with E-state index in [-0.39, 0.29) is 5.91 Å². The van der Waals surface area contributed by atoms with E-state index in [1.54, 1.807) is 11.3 Å². The van der Waals surface area contributed by atoms with Crippen molar-refractivity contribution < 1.29 is 4.79 Å². The Bertz CT molecular complexity index is 653. The summed E-state index contributed by atoms with van der Waals surface area (Å²) in [6.07, 6.45) is 7.13. The maximum absolute atomic E-state index is 12.4. The second-order valence-corrected chi connectivity index (χ2v) is 7.18. The zero-order valence-corrected chi connectivity index (χ0v) is 13.9. The van der Waals surface area contributed by atoms with Crippen LogP contribution in [0.4, 0.5) is 0 Å². The fourth-order valence-corrected chi connectivity index (χ4v) is 3.90. The van der Waals surface area contributed by atoms with Crippen molar-refractivity contribution in [2.45, 2.75) is 58.4 Å². The number of nitrogens with one attached hydrogen (secondary N) is 2. The van der Waals surface area contributed by atoms with Crippen molar-refractivity contribution in [3.63, 3.8) is 0 Å². The van der Waals surface area contributed by atoms with Gasteiger partial charge in [0.05, 0.1) is 21.3 Å². The van der Waals surface area contributed by atoms with Gasteiger partial charge in [-0.15, -0.1) is 11.3 Å². The van der Waals surface area contributed by atoms with Crippen LogP contribution < -0.4 is 5.32 Å². The van der Waals surface area contributed by atoms with Crippen molar-refractivity contribution >= 4 is 17.2 Å². The molecule has 1 amide bonds. The number of aromatic amines is 1. The summed E-state index contributed by atoms with van der Waals surface area (Å²) in [6.45, 7) is 3.96. The first-order valence-corrected chi connectivity index (χ1v) is 8.76. The van der Waals surface area contributed by atoms with Gasteiger partial charge >= 0.3 is 0 Å². The number of nitrogens with zero attached hydrogens (tertiary/aromatic N) is 2. The summed E-state index contributed by atoms with van der Waals surface area (Å²) in [7, 11) is 0. The molecule has 22 heavy (non-hydrogen) atoms. The SMILES string of the molecule is Cc1nc(C)c(-c2cc(C(=O)NC3CCCCCC3)n[nH]2)s1. The highest BCUT2D eigenvalue weighted by Gasteiger charge is 2.19. The molecule has 0 spiro atoms. The number of hydrogen-bond donors (Lipinski definition) is 2. The van der Waals surface area contributed by atoms with E-state index in [9.17, 15) is 4.79 Å². The Kier molecular flexibility index (Phi) is 4.57. The Balaban J connectivity index is 1.70. The normalized spacial score (nSPS) is 16.5. The van der Waals surface area contributed by atoms with Gasteiger partial charge < -0.3 is 5.32 Å². The fraction of sp³-hybridized carbons (Fsp3) is 0.562. The Hall–Kier alpha value is -1.69. The minimum Gasteiger partial charge on any atom is -0.348 e. The minimum atomic E-state index is -0.0757. The van der Waals surface area contributed by atoms with E-state index in [0.29, 0.717) is 11.7 Å². The monoisotopic (exact) mass is 318 g/mol. The zero-order chi connectivity index (χ0) is 15.5. The molecule has 5 nitrogen and oxygen atoms in total. The van der Waals surface area contributed by atoms with Crippen molar-refractivity contribution in [1.29, 1.82) is 0 Å². The summed E-state index contributed by atoms with van der Waals surface area (Å²) in [6, 6.07) is 2.12. The van der Waals surface area contributed by atoms with Crippen molar-refractivity contribution in [3.8, 4) is 10.6 Å². The van der Waals surface area contributed by atoms with Crippen LogP contribution in [0.3, 0.4) is 0 Å². The molecule has 0 saturated heterocycles. The lowest BCUT2D eigenvalue weighted by Gasteiger charge is -2.14. The number of thiazole rings is 1. The molecule has 2 N–H and O–H groups in total. The van der Waals surface area contributed by atoms with Crippen LogP contribution in [0, 0.1) is 13.8 Å². The molecule has 2 aromatic heterocycles. The van der Waals surface area contributed by atoms with E-state index < -0.39 is 0 Å². The Labute approximate surface area is 134 Å². The summed E-state index contributed by atoms with van der Waals surface area (Å²) in [5.74, 6) is -0.0757. The highest BCUT2D eigenvalue weighted by Crippen LogP contribution is 2.28. The van der Waals surface area contributed by atoms with E-state index in [1.165, 1.54) is 25.7 Å². The molecular weight excluding hydrogens is 296 g/mol. The number of carbonyl (C=O) groups is 1. The van der Waals surface area contributed by atoms with E-state index in [4.69, 9.17) is 0 Å². The third-order valence-electron chi connectivity index (χ3n) is 4.15. The predicted molar refractivity (Wildman–Crippen MR) is 88.1 cm³/mol. The number of amides is 1. The number of aryl methyl sites for hydroxylation is 2. The third-order valence-corrected chi connectivity index (χ3v) is 5.26. The number of hydrogen-bond acceptors (Lipinski definition) is 4. The third kappa shape index (κ3) is 3.38. The van der Waals surface area contributed by atoms with Crippen LogP contribution >= 0.6 is 11.3 Å². The quantitative estimate of drug-likeness (QED) is 0.849. The second-order valence-electron chi connectivity index (χ2n) is 5.98. The average molecular weight is 318 g/mol. The first kappa shape index (κ1) is 15.2. The van der Waals surface area contributed by atoms with Gasteiger partial charge in [-0.05, 0) is 32.8 Å². The minimum absolute atomic E-state index is 0.0757. The standard InChI is InChI=1S/C16H22N4OS/c1-10-15(22-11(2)17-10)13-9-14(20-19-13)16(21)18-12-7-5-3-4-6-8-12/h9,12H,3-8H2,1-2H3,(H,18,21)(H,19,20). The summed E-state index contributed by atoms with van der Waals surface area (Å²) in [5.41, 5.74) is 2.31. The Morgan fingerprint density at radius 1 is 1.27 bits per heavy atom. The molecule has 118 valence electrons. The lowest BCUT2D eigenvalue weighted by molar-refractivity contribution is 0.0928. The van der Waals surface area contributed by atoms with Gasteiger partial charge in [0, 0.05) is 6.04 Å². The van der Waals surface area contributed by atoms with Crippen molar-refractivity contribution in [2.75, 3.05) is 0 Å². The molecule has 0 aromatic carbocycles. The summed E-state index contributed by atoms with van der Waals surface area (Å²) in [5, 5.41) is 11.3. The van der Waals surface area contributed by atoms with E-state index >= 15 is 0 Å².